The summed E-state index contributed by atoms with van der Waals surface area (Å²) in [5.74, 6) is 0. The van der Waals surface area contributed by atoms with Crippen molar-refractivity contribution in [1.82, 2.24) is 9.97 Å². The lowest BCUT2D eigenvalue weighted by atomic mass is 10.0. The van der Waals surface area contributed by atoms with Gasteiger partial charge in [-0.25, -0.2) is 0 Å². The molecule has 0 spiro atoms. The molecule has 1 aliphatic rings. The number of allylic oxidation sites excluding steroid dienone is 1. The number of hydrogen-bond acceptors (Lipinski definition) is 1. The molecule has 144 valence electrons. The predicted molar refractivity (Wildman–Crippen MR) is 117 cm³/mol. The van der Waals surface area contributed by atoms with Crippen molar-refractivity contribution in [2.75, 3.05) is 0 Å². The Labute approximate surface area is 163 Å². The molecule has 2 N–H and O–H groups in total. The maximum Gasteiger partial charge on any atom is 0.0870 e. The molecule has 0 saturated carbocycles. The summed E-state index contributed by atoms with van der Waals surface area (Å²) in [6.45, 7) is 6.56. The molecule has 1 aliphatic heterocycles. The van der Waals surface area contributed by atoms with Crippen LogP contribution in [0.2, 0.25) is 0 Å². The average molecular weight is 364 g/mol. The summed E-state index contributed by atoms with van der Waals surface area (Å²) in [6, 6.07) is 4.49. The van der Waals surface area contributed by atoms with Crippen molar-refractivity contribution in [3.8, 4) is 0 Å². The van der Waals surface area contributed by atoms with Crippen LogP contribution in [0.5, 0.6) is 0 Å². The molecule has 3 nitrogen and oxygen atoms in total. The van der Waals surface area contributed by atoms with Crippen LogP contribution < -0.4 is 10.7 Å². The van der Waals surface area contributed by atoms with Crippen LogP contribution in [0.15, 0.2) is 35.0 Å². The van der Waals surface area contributed by atoms with Gasteiger partial charge in [-0.1, -0.05) is 46.0 Å². The fourth-order valence-corrected chi connectivity index (χ4v) is 3.72. The van der Waals surface area contributed by atoms with Gasteiger partial charge in [-0.3, -0.25) is 4.99 Å². The van der Waals surface area contributed by atoms with Gasteiger partial charge in [-0.05, 0) is 67.2 Å². The van der Waals surface area contributed by atoms with Crippen molar-refractivity contribution in [2.24, 2.45) is 4.99 Å². The minimum absolute atomic E-state index is 1.00. The Morgan fingerprint density at radius 1 is 1.04 bits per heavy atom. The number of rotatable bonds is 9. The second kappa shape index (κ2) is 9.59. The highest BCUT2D eigenvalue weighted by Crippen LogP contribution is 2.14. The first-order valence-electron chi connectivity index (χ1n) is 10.5. The maximum absolute atomic E-state index is 4.54. The van der Waals surface area contributed by atoms with E-state index in [9.17, 15) is 0 Å². The number of aliphatic imine (C=N–C) groups is 1. The van der Waals surface area contributed by atoms with Crippen LogP contribution >= 0.6 is 0 Å². The Bertz CT molecular complexity index is 921. The zero-order valence-corrected chi connectivity index (χ0v) is 17.1. The lowest BCUT2D eigenvalue weighted by Crippen LogP contribution is -2.14. The van der Waals surface area contributed by atoms with Gasteiger partial charge in [0.25, 0.3) is 0 Å². The normalized spacial score (nSPS) is 16.4. The van der Waals surface area contributed by atoms with Gasteiger partial charge < -0.3 is 9.97 Å². The van der Waals surface area contributed by atoms with Crippen molar-refractivity contribution >= 4 is 18.0 Å². The molecule has 3 heteroatoms. The smallest absolute Gasteiger partial charge is 0.0870 e. The van der Waals surface area contributed by atoms with Crippen LogP contribution in [0.3, 0.4) is 0 Å². The SMILES string of the molecule is CCCCCCCCc1cc[nH]c1C=c1cc(CC)c(=C2C=C(C)C=N2)[nH]1. The van der Waals surface area contributed by atoms with Gasteiger partial charge in [-0.15, -0.1) is 0 Å². The molecule has 0 fully saturated rings. The van der Waals surface area contributed by atoms with Crippen LogP contribution in [0, 0.1) is 0 Å². The van der Waals surface area contributed by atoms with E-state index < -0.39 is 0 Å². The molecule has 0 unspecified atom stereocenters. The van der Waals surface area contributed by atoms with E-state index in [2.05, 4.69) is 66.2 Å². The summed E-state index contributed by atoms with van der Waals surface area (Å²) in [5.41, 5.74) is 6.22. The molecule has 3 heterocycles. The highest BCUT2D eigenvalue weighted by Gasteiger charge is 2.06. The Hall–Kier alpha value is -2.29. The predicted octanol–water partition coefficient (Wildman–Crippen LogP) is 4.78. The van der Waals surface area contributed by atoms with E-state index in [0.29, 0.717) is 0 Å². The van der Waals surface area contributed by atoms with Gasteiger partial charge in [0.05, 0.1) is 11.0 Å². The Balaban J connectivity index is 1.76. The molecule has 0 amide bonds. The van der Waals surface area contributed by atoms with Crippen molar-refractivity contribution in [1.29, 1.82) is 0 Å². The quantitative estimate of drug-likeness (QED) is 0.603. The van der Waals surface area contributed by atoms with E-state index in [4.69, 9.17) is 0 Å². The highest BCUT2D eigenvalue weighted by atomic mass is 14.8. The van der Waals surface area contributed by atoms with Crippen LogP contribution in [0.4, 0.5) is 0 Å². The van der Waals surface area contributed by atoms with Crippen LogP contribution in [-0.4, -0.2) is 16.2 Å². The van der Waals surface area contributed by atoms with Gasteiger partial charge in [0.2, 0.25) is 0 Å². The molecule has 0 aliphatic carbocycles. The number of H-pyrrole nitrogens is 2. The summed E-state index contributed by atoms with van der Waals surface area (Å²) in [5, 5.41) is 2.30. The van der Waals surface area contributed by atoms with Gasteiger partial charge in [0.15, 0.2) is 0 Å². The first kappa shape index (κ1) is 19.5. The largest absolute Gasteiger partial charge is 0.361 e. The van der Waals surface area contributed by atoms with Crippen LogP contribution in [-0.2, 0) is 12.8 Å². The number of hydrogen-bond donors (Lipinski definition) is 2. The van der Waals surface area contributed by atoms with Gasteiger partial charge in [0.1, 0.15) is 0 Å². The molecule has 2 aromatic rings. The summed E-state index contributed by atoms with van der Waals surface area (Å²) in [6.07, 6.45) is 18.6. The molecule has 0 aromatic carbocycles. The molecule has 0 bridgehead atoms. The summed E-state index contributed by atoms with van der Waals surface area (Å²) in [7, 11) is 0. The fourth-order valence-electron chi connectivity index (χ4n) is 3.72. The summed E-state index contributed by atoms with van der Waals surface area (Å²) >= 11 is 0. The monoisotopic (exact) mass is 363 g/mol. The number of aromatic nitrogens is 2. The second-order valence-corrected chi connectivity index (χ2v) is 7.59. The number of nitrogens with zero attached hydrogens (tertiary/aromatic N) is 1. The van der Waals surface area contributed by atoms with Crippen molar-refractivity contribution < 1.29 is 0 Å². The summed E-state index contributed by atoms with van der Waals surface area (Å²) < 4.78 is 0. The third-order valence-corrected chi connectivity index (χ3v) is 5.30. The molecule has 27 heavy (non-hydrogen) atoms. The maximum atomic E-state index is 4.54. The van der Waals surface area contributed by atoms with Crippen molar-refractivity contribution in [3.05, 3.63) is 57.5 Å². The highest BCUT2D eigenvalue weighted by molar-refractivity contribution is 5.90. The van der Waals surface area contributed by atoms with Crippen LogP contribution in [0.1, 0.15) is 76.1 Å². The first-order chi connectivity index (χ1) is 13.2. The zero-order valence-electron chi connectivity index (χ0n) is 17.1. The molecule has 0 saturated heterocycles. The zero-order chi connectivity index (χ0) is 19.1. The van der Waals surface area contributed by atoms with Gasteiger partial charge in [-0.2, -0.15) is 0 Å². The Morgan fingerprint density at radius 2 is 1.85 bits per heavy atom. The number of nitrogens with one attached hydrogen (secondary N) is 2. The minimum Gasteiger partial charge on any atom is -0.361 e. The standard InChI is InChI=1S/C24H33N3/c1-4-6-7-8-9-10-11-20-12-13-25-22(20)16-21-15-19(5-2)24(27-21)23-14-18(3)17-26-23/h12-17,25,27H,4-11H2,1-3H3. The molecule has 3 rings (SSSR count). The third kappa shape index (κ3) is 5.12. The van der Waals surface area contributed by atoms with Gasteiger partial charge >= 0.3 is 0 Å². The molecular formula is C24H33N3. The Morgan fingerprint density at radius 3 is 2.59 bits per heavy atom. The number of unbranched alkanes of at least 4 members (excludes halogenated alkanes) is 5. The van der Waals surface area contributed by atoms with E-state index in [-0.39, 0.29) is 0 Å². The summed E-state index contributed by atoms with van der Waals surface area (Å²) in [4.78, 5) is 11.5. The molecule has 0 atom stereocenters. The van der Waals surface area contributed by atoms with E-state index in [1.54, 1.807) is 0 Å². The average Bonchev–Trinajstić information content (AvgIpc) is 3.38. The second-order valence-electron chi connectivity index (χ2n) is 7.59. The third-order valence-electron chi connectivity index (χ3n) is 5.30. The molecule has 2 aromatic heterocycles. The topological polar surface area (TPSA) is 43.9 Å². The first-order valence-corrected chi connectivity index (χ1v) is 10.5. The van der Waals surface area contributed by atoms with Crippen molar-refractivity contribution in [2.45, 2.75) is 72.1 Å². The minimum atomic E-state index is 1.00. The fraction of sp³-hybridized carbons (Fsp3) is 0.458. The van der Waals surface area contributed by atoms with Crippen LogP contribution in [0.25, 0.3) is 11.8 Å². The number of aryl methyl sites for hydroxylation is 2. The van der Waals surface area contributed by atoms with Gasteiger partial charge in [0, 0.05) is 23.5 Å². The lowest BCUT2D eigenvalue weighted by Gasteiger charge is -2.01. The van der Waals surface area contributed by atoms with E-state index in [1.165, 1.54) is 60.9 Å². The van der Waals surface area contributed by atoms with E-state index >= 15 is 0 Å². The Kier molecular flexibility index (Phi) is 6.92. The molecular weight excluding hydrogens is 330 g/mol. The number of aromatic amines is 2. The lowest BCUT2D eigenvalue weighted by molar-refractivity contribution is 0.607. The van der Waals surface area contributed by atoms with Crippen molar-refractivity contribution in [3.63, 3.8) is 0 Å². The molecule has 0 radical (unpaired) electrons. The van der Waals surface area contributed by atoms with E-state index in [1.807, 2.05) is 6.21 Å². The van der Waals surface area contributed by atoms with E-state index in [0.717, 1.165) is 29.2 Å².